The van der Waals surface area contributed by atoms with Crippen molar-refractivity contribution in [1.82, 2.24) is 10.2 Å². The van der Waals surface area contributed by atoms with Crippen LogP contribution in [0, 0.1) is 18.3 Å². The van der Waals surface area contributed by atoms with Crippen LogP contribution in [-0.2, 0) is 0 Å². The lowest BCUT2D eigenvalue weighted by Gasteiger charge is -2.32. The summed E-state index contributed by atoms with van der Waals surface area (Å²) in [5, 5.41) is 14.7. The Morgan fingerprint density at radius 1 is 1.03 bits per heavy atom. The van der Waals surface area contributed by atoms with E-state index in [9.17, 15) is 9.59 Å². The van der Waals surface area contributed by atoms with Gasteiger partial charge in [-0.25, -0.2) is 4.79 Å². The Balaban J connectivity index is 1.14. The second-order valence-electron chi connectivity index (χ2n) is 9.66. The summed E-state index contributed by atoms with van der Waals surface area (Å²) in [5.41, 5.74) is 3.86. The Hall–Kier alpha value is -4.51. The third kappa shape index (κ3) is 5.73. The van der Waals surface area contributed by atoms with Crippen LogP contribution in [0.3, 0.4) is 0 Å². The number of anilines is 1. The summed E-state index contributed by atoms with van der Waals surface area (Å²) < 4.78 is 11.6. The number of hydrogen-bond acceptors (Lipinski definition) is 5. The van der Waals surface area contributed by atoms with Gasteiger partial charge < -0.3 is 25.0 Å². The van der Waals surface area contributed by atoms with Crippen LogP contribution in [0.5, 0.6) is 11.5 Å². The molecule has 0 aliphatic carbocycles. The maximum Gasteiger partial charge on any atom is 0.319 e. The van der Waals surface area contributed by atoms with Crippen molar-refractivity contribution in [1.29, 1.82) is 5.26 Å². The summed E-state index contributed by atoms with van der Waals surface area (Å²) in [6.07, 6.45) is 1.44. The van der Waals surface area contributed by atoms with Gasteiger partial charge in [-0.15, -0.1) is 0 Å². The third-order valence-corrected chi connectivity index (χ3v) is 7.08. The lowest BCUT2D eigenvalue weighted by molar-refractivity contribution is 0.0713. The van der Waals surface area contributed by atoms with Gasteiger partial charge in [0.15, 0.2) is 17.6 Å². The number of carbonyl (C=O) groups excluding carboxylic acids is 2. The zero-order valence-electron chi connectivity index (χ0n) is 21.3. The van der Waals surface area contributed by atoms with E-state index in [-0.39, 0.29) is 24.6 Å². The quantitative estimate of drug-likeness (QED) is 0.511. The number of rotatable bonds is 5. The number of urea groups is 1. The summed E-state index contributed by atoms with van der Waals surface area (Å²) in [7, 11) is 0. The highest BCUT2D eigenvalue weighted by molar-refractivity contribution is 5.97. The van der Waals surface area contributed by atoms with E-state index in [1.54, 1.807) is 12.1 Å². The summed E-state index contributed by atoms with van der Waals surface area (Å²) in [5.74, 6) is 1.69. The molecule has 1 atom stereocenters. The molecule has 0 spiro atoms. The number of para-hydroxylation sites is 2. The van der Waals surface area contributed by atoms with Crippen LogP contribution in [0.15, 0.2) is 66.7 Å². The fourth-order valence-electron chi connectivity index (χ4n) is 4.85. The largest absolute Gasteiger partial charge is 0.486 e. The zero-order chi connectivity index (χ0) is 26.5. The van der Waals surface area contributed by atoms with Crippen LogP contribution in [0.2, 0.25) is 0 Å². The van der Waals surface area contributed by atoms with Gasteiger partial charge in [-0.3, -0.25) is 4.79 Å². The van der Waals surface area contributed by atoms with E-state index < -0.39 is 0 Å². The smallest absolute Gasteiger partial charge is 0.319 e. The maximum atomic E-state index is 13.2. The number of nitrogens with one attached hydrogen (secondary N) is 2. The van der Waals surface area contributed by atoms with Crippen LogP contribution in [0.25, 0.3) is 0 Å². The highest BCUT2D eigenvalue weighted by Gasteiger charge is 2.25. The van der Waals surface area contributed by atoms with Gasteiger partial charge in [-0.05, 0) is 73.2 Å². The van der Waals surface area contributed by atoms with E-state index in [1.165, 1.54) is 5.56 Å². The third-order valence-electron chi connectivity index (χ3n) is 7.08. The molecule has 38 heavy (non-hydrogen) atoms. The van der Waals surface area contributed by atoms with Crippen molar-refractivity contribution < 1.29 is 19.1 Å². The Labute approximate surface area is 222 Å². The van der Waals surface area contributed by atoms with Gasteiger partial charge in [0.1, 0.15) is 6.61 Å². The number of nitrogens with zero attached hydrogens (tertiary/aromatic N) is 2. The van der Waals surface area contributed by atoms with Crippen molar-refractivity contribution in [3.05, 3.63) is 89.0 Å². The van der Waals surface area contributed by atoms with Gasteiger partial charge >= 0.3 is 6.03 Å². The van der Waals surface area contributed by atoms with E-state index in [2.05, 4.69) is 16.7 Å². The normalized spacial score (nSPS) is 16.8. The first-order chi connectivity index (χ1) is 18.5. The summed E-state index contributed by atoms with van der Waals surface area (Å²) >= 11 is 0. The zero-order valence-corrected chi connectivity index (χ0v) is 21.3. The second-order valence-corrected chi connectivity index (χ2v) is 9.66. The number of carbonyl (C=O) groups is 2. The molecule has 8 nitrogen and oxygen atoms in total. The summed E-state index contributed by atoms with van der Waals surface area (Å²) in [4.78, 5) is 27.7. The molecule has 1 fully saturated rings. The number of piperidine rings is 1. The first kappa shape index (κ1) is 25.2. The number of likely N-dealkylation sites (tertiary alicyclic amines) is 1. The molecule has 0 saturated carbocycles. The average Bonchev–Trinajstić information content (AvgIpc) is 2.97. The van der Waals surface area contributed by atoms with E-state index in [1.807, 2.05) is 66.4 Å². The number of benzene rings is 3. The van der Waals surface area contributed by atoms with Crippen molar-refractivity contribution in [3.63, 3.8) is 0 Å². The number of aryl methyl sites for hydroxylation is 1. The maximum absolute atomic E-state index is 13.2. The molecule has 3 aromatic carbocycles. The van der Waals surface area contributed by atoms with Crippen molar-refractivity contribution in [2.75, 3.05) is 31.6 Å². The summed E-state index contributed by atoms with van der Waals surface area (Å²) in [6.45, 7) is 3.84. The van der Waals surface area contributed by atoms with Gasteiger partial charge in [0.2, 0.25) is 0 Å². The molecule has 2 aliphatic heterocycles. The van der Waals surface area contributed by atoms with Gasteiger partial charge in [-0.1, -0.05) is 30.3 Å². The molecular weight excluding hydrogens is 480 g/mol. The van der Waals surface area contributed by atoms with Gasteiger partial charge in [-0.2, -0.15) is 5.26 Å². The number of nitriles is 1. The van der Waals surface area contributed by atoms with E-state index >= 15 is 0 Å². The fraction of sp³-hybridized carbons (Fsp3) is 0.300. The minimum atomic E-state index is -0.372. The molecule has 2 heterocycles. The number of ether oxygens (including phenoxy) is 2. The van der Waals surface area contributed by atoms with E-state index in [0.717, 1.165) is 18.4 Å². The molecule has 0 radical (unpaired) electrons. The van der Waals surface area contributed by atoms with Crippen LogP contribution in [0.4, 0.5) is 10.5 Å². The van der Waals surface area contributed by atoms with Gasteiger partial charge in [0.25, 0.3) is 5.91 Å². The van der Waals surface area contributed by atoms with Crippen molar-refractivity contribution in [2.45, 2.75) is 31.8 Å². The monoisotopic (exact) mass is 510 g/mol. The van der Waals surface area contributed by atoms with Crippen LogP contribution in [-0.4, -0.2) is 49.2 Å². The van der Waals surface area contributed by atoms with Gasteiger partial charge in [0, 0.05) is 24.3 Å². The van der Waals surface area contributed by atoms with Crippen LogP contribution in [0.1, 0.15) is 45.8 Å². The molecule has 1 unspecified atom stereocenters. The lowest BCUT2D eigenvalue weighted by Crippen LogP contribution is -2.42. The molecule has 8 heteroatoms. The molecule has 1 saturated heterocycles. The number of amides is 3. The van der Waals surface area contributed by atoms with Crippen molar-refractivity contribution in [2.24, 2.45) is 0 Å². The van der Waals surface area contributed by atoms with Crippen LogP contribution < -0.4 is 20.1 Å². The predicted octanol–water partition coefficient (Wildman–Crippen LogP) is 4.85. The molecular formula is C30H30N4O4. The Bertz CT molecular complexity index is 1360. The topological polar surface area (TPSA) is 104 Å². The van der Waals surface area contributed by atoms with Crippen molar-refractivity contribution >= 4 is 17.6 Å². The van der Waals surface area contributed by atoms with E-state index in [0.29, 0.717) is 53.9 Å². The fourth-order valence-corrected chi connectivity index (χ4v) is 4.85. The molecule has 2 aliphatic rings. The minimum Gasteiger partial charge on any atom is -0.486 e. The predicted molar refractivity (Wildman–Crippen MR) is 144 cm³/mol. The van der Waals surface area contributed by atoms with E-state index in [4.69, 9.17) is 14.7 Å². The average molecular weight is 511 g/mol. The minimum absolute atomic E-state index is 0.0434. The molecule has 0 bridgehead atoms. The Kier molecular flexibility index (Phi) is 7.45. The first-order valence-electron chi connectivity index (χ1n) is 12.8. The van der Waals surface area contributed by atoms with Crippen molar-refractivity contribution in [3.8, 4) is 17.6 Å². The second kappa shape index (κ2) is 11.3. The SMILES string of the molecule is Cc1ccc(C(=O)N2CCC(c3ccc(C#N)cc3)CC2)cc1NC(=O)NCC1COc2ccccc2O1. The standard InChI is InChI=1S/C30H30N4O4/c1-20-6-9-24(29(35)34-14-12-23(13-15-34)22-10-7-21(17-31)8-11-22)16-26(20)33-30(36)32-18-25-19-37-27-4-2-3-5-28(27)38-25/h2-11,16,23,25H,12-15,18-19H2,1H3,(H2,32,33,36). The molecule has 3 aromatic rings. The Morgan fingerprint density at radius 3 is 2.50 bits per heavy atom. The highest BCUT2D eigenvalue weighted by Crippen LogP contribution is 2.31. The highest BCUT2D eigenvalue weighted by atomic mass is 16.6. The number of hydrogen-bond donors (Lipinski definition) is 2. The molecule has 0 aromatic heterocycles. The Morgan fingerprint density at radius 2 is 1.76 bits per heavy atom. The number of fused-ring (bicyclic) bond motifs is 1. The lowest BCUT2D eigenvalue weighted by atomic mass is 9.89. The molecule has 2 N–H and O–H groups in total. The first-order valence-corrected chi connectivity index (χ1v) is 12.8. The van der Waals surface area contributed by atoms with Crippen LogP contribution >= 0.6 is 0 Å². The molecule has 194 valence electrons. The molecule has 3 amide bonds. The summed E-state index contributed by atoms with van der Waals surface area (Å²) in [6, 6.07) is 22.3. The van der Waals surface area contributed by atoms with Gasteiger partial charge in [0.05, 0.1) is 18.2 Å². The molecule has 5 rings (SSSR count).